The average Bonchev–Trinajstić information content (AvgIpc) is 3.19. The predicted octanol–water partition coefficient (Wildman–Crippen LogP) is 2.71. The number of nitrogens with one attached hydrogen (secondary N) is 2. The maximum absolute atomic E-state index is 12.2. The molecule has 0 atom stereocenters. The smallest absolute Gasteiger partial charge is 0.271 e. The lowest BCUT2D eigenvalue weighted by Crippen LogP contribution is -2.17. The molecule has 0 aliphatic rings. The van der Waals surface area contributed by atoms with Gasteiger partial charge in [-0.25, -0.2) is 13.8 Å². The lowest BCUT2D eigenvalue weighted by atomic mass is 10.2. The van der Waals surface area contributed by atoms with Gasteiger partial charge in [-0.15, -0.1) is 11.3 Å². The summed E-state index contributed by atoms with van der Waals surface area (Å²) >= 11 is 1.13. The van der Waals surface area contributed by atoms with Gasteiger partial charge in [0.25, 0.3) is 15.9 Å². The number of benzene rings is 1. The number of amides is 1. The Labute approximate surface area is 154 Å². The van der Waals surface area contributed by atoms with E-state index in [1.54, 1.807) is 36.0 Å². The average molecular weight is 386 g/mol. The van der Waals surface area contributed by atoms with Gasteiger partial charge in [0.1, 0.15) is 4.21 Å². The highest BCUT2D eigenvalue weighted by atomic mass is 32.2. The highest BCUT2D eigenvalue weighted by Gasteiger charge is 2.15. The monoisotopic (exact) mass is 386 g/mol. The molecule has 26 heavy (non-hydrogen) atoms. The lowest BCUT2D eigenvalue weighted by Gasteiger charge is -2.07. The summed E-state index contributed by atoms with van der Waals surface area (Å²) in [7, 11) is -3.61. The van der Waals surface area contributed by atoms with Crippen molar-refractivity contribution in [3.05, 3.63) is 77.4 Å². The van der Waals surface area contributed by atoms with Crippen molar-refractivity contribution in [1.29, 1.82) is 0 Å². The summed E-state index contributed by atoms with van der Waals surface area (Å²) < 4.78 is 27.0. The van der Waals surface area contributed by atoms with Gasteiger partial charge in [0.15, 0.2) is 0 Å². The minimum Gasteiger partial charge on any atom is -0.279 e. The van der Waals surface area contributed by atoms with E-state index in [9.17, 15) is 13.2 Å². The molecule has 0 spiro atoms. The van der Waals surface area contributed by atoms with Gasteiger partial charge in [-0.2, -0.15) is 5.10 Å². The van der Waals surface area contributed by atoms with Crippen LogP contribution in [0.4, 0.5) is 5.69 Å². The summed E-state index contributed by atoms with van der Waals surface area (Å²) in [5, 5.41) is 5.56. The second-order valence-electron chi connectivity index (χ2n) is 5.09. The number of thiophene rings is 1. The second kappa shape index (κ2) is 7.89. The largest absolute Gasteiger partial charge is 0.279 e. The maximum atomic E-state index is 12.2. The number of sulfonamides is 1. The van der Waals surface area contributed by atoms with E-state index in [-0.39, 0.29) is 4.21 Å². The van der Waals surface area contributed by atoms with Gasteiger partial charge in [-0.1, -0.05) is 6.07 Å². The van der Waals surface area contributed by atoms with Gasteiger partial charge in [-0.05, 0) is 53.4 Å². The molecule has 0 fully saturated rings. The maximum Gasteiger partial charge on any atom is 0.271 e. The molecule has 0 bridgehead atoms. The van der Waals surface area contributed by atoms with E-state index in [0.717, 1.165) is 16.9 Å². The molecule has 2 heterocycles. The second-order valence-corrected chi connectivity index (χ2v) is 7.95. The van der Waals surface area contributed by atoms with Gasteiger partial charge in [-0.3, -0.25) is 14.5 Å². The van der Waals surface area contributed by atoms with E-state index in [1.807, 2.05) is 0 Å². The van der Waals surface area contributed by atoms with Gasteiger partial charge in [0.2, 0.25) is 0 Å². The number of rotatable bonds is 6. The van der Waals surface area contributed by atoms with E-state index < -0.39 is 15.9 Å². The Morgan fingerprint density at radius 3 is 2.46 bits per heavy atom. The Kier molecular flexibility index (Phi) is 5.40. The first-order valence-corrected chi connectivity index (χ1v) is 9.81. The Morgan fingerprint density at radius 1 is 1.08 bits per heavy atom. The molecule has 9 heteroatoms. The number of pyridine rings is 1. The molecule has 0 radical (unpaired) electrons. The Bertz CT molecular complexity index is 1000. The highest BCUT2D eigenvalue weighted by Crippen LogP contribution is 2.20. The summed E-state index contributed by atoms with van der Waals surface area (Å²) in [5.41, 5.74) is 3.94. The molecular formula is C17H14N4O3S2. The van der Waals surface area contributed by atoms with Crippen LogP contribution in [0.5, 0.6) is 0 Å². The van der Waals surface area contributed by atoms with Gasteiger partial charge >= 0.3 is 0 Å². The fourth-order valence-electron chi connectivity index (χ4n) is 1.99. The van der Waals surface area contributed by atoms with Crippen molar-refractivity contribution in [1.82, 2.24) is 10.4 Å². The first-order valence-electron chi connectivity index (χ1n) is 7.44. The number of anilines is 1. The predicted molar refractivity (Wildman–Crippen MR) is 101 cm³/mol. The summed E-state index contributed by atoms with van der Waals surface area (Å²) in [6, 6.07) is 12.8. The molecule has 2 N–H and O–H groups in total. The third-order valence-corrected chi connectivity index (χ3v) is 6.02. The number of carbonyl (C=O) groups is 1. The fourth-order valence-corrected chi connectivity index (χ4v) is 4.04. The summed E-state index contributed by atoms with van der Waals surface area (Å²) in [4.78, 5) is 15.9. The van der Waals surface area contributed by atoms with Crippen molar-refractivity contribution in [2.75, 3.05) is 4.72 Å². The number of carbonyl (C=O) groups excluding carboxylic acids is 1. The third-order valence-electron chi connectivity index (χ3n) is 3.25. The van der Waals surface area contributed by atoms with Crippen molar-refractivity contribution >= 4 is 39.2 Å². The fraction of sp³-hybridized carbons (Fsp3) is 0. The Morgan fingerprint density at radius 2 is 1.81 bits per heavy atom. The quantitative estimate of drug-likeness (QED) is 0.502. The van der Waals surface area contributed by atoms with Crippen LogP contribution in [0.1, 0.15) is 15.9 Å². The molecule has 0 saturated carbocycles. The van der Waals surface area contributed by atoms with Gasteiger partial charge in [0.05, 0.1) is 6.21 Å². The Hall–Kier alpha value is -3.04. The number of hydrogen-bond donors (Lipinski definition) is 2. The van der Waals surface area contributed by atoms with E-state index in [0.29, 0.717) is 11.3 Å². The van der Waals surface area contributed by atoms with Gasteiger partial charge < -0.3 is 0 Å². The minimum absolute atomic E-state index is 0.227. The number of hydrogen-bond acceptors (Lipinski definition) is 6. The van der Waals surface area contributed by atoms with E-state index in [4.69, 9.17) is 0 Å². The van der Waals surface area contributed by atoms with Crippen LogP contribution in [0.2, 0.25) is 0 Å². The van der Waals surface area contributed by atoms with Crippen LogP contribution in [-0.4, -0.2) is 25.5 Å². The van der Waals surface area contributed by atoms with Crippen LogP contribution in [-0.2, 0) is 10.0 Å². The first kappa shape index (κ1) is 17.8. The lowest BCUT2D eigenvalue weighted by molar-refractivity contribution is 0.0955. The standard InChI is InChI=1S/C17H14N4O3S2/c22-17(20-19-12-13-7-9-18-10-8-13)14-3-5-15(6-4-14)21-26(23,24)16-2-1-11-25-16/h1-12,21H,(H,20,22). The molecule has 0 aliphatic carbocycles. The summed E-state index contributed by atoms with van der Waals surface area (Å²) in [6.07, 6.45) is 4.75. The molecule has 2 aromatic heterocycles. The molecule has 7 nitrogen and oxygen atoms in total. The first-order chi connectivity index (χ1) is 12.5. The molecule has 3 aromatic rings. The summed E-state index contributed by atoms with van der Waals surface area (Å²) in [6.45, 7) is 0. The zero-order chi connectivity index (χ0) is 18.4. The van der Waals surface area contributed by atoms with E-state index in [1.165, 1.54) is 36.5 Å². The number of aromatic nitrogens is 1. The van der Waals surface area contributed by atoms with Gasteiger partial charge in [0, 0.05) is 23.6 Å². The number of nitrogens with zero attached hydrogens (tertiary/aromatic N) is 2. The zero-order valence-corrected chi connectivity index (χ0v) is 15.0. The molecule has 1 aromatic carbocycles. The van der Waals surface area contributed by atoms with Crippen molar-refractivity contribution < 1.29 is 13.2 Å². The molecule has 0 aliphatic heterocycles. The van der Waals surface area contributed by atoms with E-state index >= 15 is 0 Å². The molecule has 0 saturated heterocycles. The van der Waals surface area contributed by atoms with Crippen molar-refractivity contribution in [2.45, 2.75) is 4.21 Å². The highest BCUT2D eigenvalue weighted by molar-refractivity contribution is 7.94. The SMILES string of the molecule is O=C(NN=Cc1ccncc1)c1ccc(NS(=O)(=O)c2cccs2)cc1. The third kappa shape index (κ3) is 4.52. The molecule has 3 rings (SSSR count). The van der Waals surface area contributed by atoms with Crippen LogP contribution in [0.15, 0.2) is 75.6 Å². The van der Waals surface area contributed by atoms with Crippen molar-refractivity contribution in [2.24, 2.45) is 5.10 Å². The summed E-state index contributed by atoms with van der Waals surface area (Å²) in [5.74, 6) is -0.400. The topological polar surface area (TPSA) is 101 Å². The minimum atomic E-state index is -3.61. The van der Waals surface area contributed by atoms with Crippen LogP contribution in [0, 0.1) is 0 Å². The molecule has 1 amide bonds. The zero-order valence-electron chi connectivity index (χ0n) is 13.4. The van der Waals surface area contributed by atoms with Crippen LogP contribution in [0.3, 0.4) is 0 Å². The van der Waals surface area contributed by atoms with Crippen LogP contribution >= 0.6 is 11.3 Å². The van der Waals surface area contributed by atoms with Crippen LogP contribution in [0.25, 0.3) is 0 Å². The van der Waals surface area contributed by atoms with E-state index in [2.05, 4.69) is 20.2 Å². The molecular weight excluding hydrogens is 372 g/mol. The molecule has 132 valence electrons. The Balaban J connectivity index is 1.62. The number of hydrazone groups is 1. The molecule has 0 unspecified atom stereocenters. The van der Waals surface area contributed by atoms with Crippen LogP contribution < -0.4 is 10.1 Å². The van der Waals surface area contributed by atoms with Crippen molar-refractivity contribution in [3.63, 3.8) is 0 Å². The normalized spacial score (nSPS) is 11.4. The van der Waals surface area contributed by atoms with Crippen molar-refractivity contribution in [3.8, 4) is 0 Å².